The molecule has 0 saturated carbocycles. The zero-order valence-corrected chi connectivity index (χ0v) is 10.9. The van der Waals surface area contributed by atoms with Crippen molar-refractivity contribution in [2.45, 2.75) is 19.4 Å². The number of hydrogen-bond acceptors (Lipinski definition) is 4. The summed E-state index contributed by atoms with van der Waals surface area (Å²) in [6.45, 7) is 1.98. The van der Waals surface area contributed by atoms with E-state index in [1.54, 1.807) is 23.5 Å². The van der Waals surface area contributed by atoms with Crippen LogP contribution in [0.2, 0.25) is 0 Å². The molecule has 0 bridgehead atoms. The third kappa shape index (κ3) is 3.30. The quantitative estimate of drug-likeness (QED) is 0.885. The van der Waals surface area contributed by atoms with Gasteiger partial charge in [0.05, 0.1) is 11.9 Å². The molecule has 1 atom stereocenters. The fourth-order valence-electron chi connectivity index (χ4n) is 1.62. The van der Waals surface area contributed by atoms with Crippen molar-refractivity contribution in [1.29, 1.82) is 0 Å². The molecule has 0 radical (unpaired) electrons. The van der Waals surface area contributed by atoms with Gasteiger partial charge in [0.15, 0.2) is 0 Å². The number of nitrogens with one attached hydrogen (secondary N) is 1. The van der Waals surface area contributed by atoms with Gasteiger partial charge in [-0.2, -0.15) is 0 Å². The normalized spacial score (nSPS) is 12.1. The number of carbonyl (C=O) groups is 1. The summed E-state index contributed by atoms with van der Waals surface area (Å²) in [4.78, 5) is 17.1. The number of aromatic nitrogens is 1. The van der Waals surface area contributed by atoms with E-state index in [1.165, 1.54) is 11.1 Å². The van der Waals surface area contributed by atoms with Gasteiger partial charge in [0.1, 0.15) is 5.69 Å². The van der Waals surface area contributed by atoms with Crippen molar-refractivity contribution in [3.63, 3.8) is 0 Å². The highest BCUT2D eigenvalue weighted by Crippen LogP contribution is 2.11. The molecule has 18 heavy (non-hydrogen) atoms. The van der Waals surface area contributed by atoms with E-state index in [0.29, 0.717) is 11.4 Å². The van der Waals surface area contributed by atoms with E-state index >= 15 is 0 Å². The van der Waals surface area contributed by atoms with Crippen LogP contribution in [0.15, 0.2) is 35.8 Å². The minimum atomic E-state index is -0.168. The van der Waals surface area contributed by atoms with Crippen LogP contribution in [0.4, 0.5) is 5.69 Å². The molecule has 94 valence electrons. The van der Waals surface area contributed by atoms with E-state index in [4.69, 9.17) is 5.73 Å². The zero-order chi connectivity index (χ0) is 13.0. The van der Waals surface area contributed by atoms with Crippen molar-refractivity contribution >= 4 is 22.9 Å². The summed E-state index contributed by atoms with van der Waals surface area (Å²) in [5.74, 6) is -0.168. The minimum Gasteiger partial charge on any atom is -0.397 e. The molecule has 0 aliphatic heterocycles. The number of nitrogens with zero attached hydrogens (tertiary/aromatic N) is 1. The molecule has 2 heterocycles. The summed E-state index contributed by atoms with van der Waals surface area (Å²) in [5, 5.41) is 4.95. The Hall–Kier alpha value is -1.88. The fraction of sp³-hybridized carbons (Fsp3) is 0.231. The van der Waals surface area contributed by atoms with E-state index in [2.05, 4.69) is 16.4 Å². The molecule has 4 nitrogen and oxygen atoms in total. The van der Waals surface area contributed by atoms with E-state index in [9.17, 15) is 4.79 Å². The first kappa shape index (κ1) is 12.6. The van der Waals surface area contributed by atoms with E-state index in [-0.39, 0.29) is 11.9 Å². The number of carbonyl (C=O) groups excluding carboxylic acids is 1. The first-order chi connectivity index (χ1) is 8.65. The highest BCUT2D eigenvalue weighted by molar-refractivity contribution is 7.09. The maximum absolute atomic E-state index is 11.9. The second-order valence-corrected chi connectivity index (χ2v) is 5.17. The summed E-state index contributed by atoms with van der Waals surface area (Å²) >= 11 is 1.69. The molecule has 1 amide bonds. The molecule has 2 rings (SSSR count). The third-order valence-corrected chi connectivity index (χ3v) is 3.38. The predicted molar refractivity (Wildman–Crippen MR) is 73.6 cm³/mol. The molecule has 0 fully saturated rings. The lowest BCUT2D eigenvalue weighted by Gasteiger charge is -2.12. The molecule has 1 unspecified atom stereocenters. The lowest BCUT2D eigenvalue weighted by Crippen LogP contribution is -2.34. The maximum atomic E-state index is 11.9. The average Bonchev–Trinajstić information content (AvgIpc) is 2.82. The highest BCUT2D eigenvalue weighted by Gasteiger charge is 2.11. The largest absolute Gasteiger partial charge is 0.397 e. The second-order valence-electron chi connectivity index (χ2n) is 4.13. The Labute approximate surface area is 110 Å². The Morgan fingerprint density at radius 2 is 2.33 bits per heavy atom. The van der Waals surface area contributed by atoms with Crippen LogP contribution in [0, 0.1) is 0 Å². The Balaban J connectivity index is 1.92. The monoisotopic (exact) mass is 261 g/mol. The van der Waals surface area contributed by atoms with Gasteiger partial charge in [0.25, 0.3) is 5.91 Å². The summed E-state index contributed by atoms with van der Waals surface area (Å²) < 4.78 is 0. The number of thiophene rings is 1. The number of hydrogen-bond donors (Lipinski definition) is 2. The molecule has 2 aromatic rings. The topological polar surface area (TPSA) is 68.0 Å². The van der Waals surface area contributed by atoms with Crippen LogP contribution in [0.3, 0.4) is 0 Å². The molecule has 5 heteroatoms. The van der Waals surface area contributed by atoms with E-state index in [1.807, 2.05) is 18.4 Å². The van der Waals surface area contributed by atoms with Crippen LogP contribution in [-0.4, -0.2) is 16.9 Å². The number of amides is 1. The van der Waals surface area contributed by atoms with Gasteiger partial charge in [-0.25, -0.2) is 4.98 Å². The van der Waals surface area contributed by atoms with Crippen LogP contribution in [-0.2, 0) is 6.42 Å². The van der Waals surface area contributed by atoms with Crippen molar-refractivity contribution in [1.82, 2.24) is 10.3 Å². The van der Waals surface area contributed by atoms with Crippen molar-refractivity contribution in [2.75, 3.05) is 5.73 Å². The Morgan fingerprint density at radius 1 is 1.50 bits per heavy atom. The van der Waals surface area contributed by atoms with Crippen molar-refractivity contribution in [3.8, 4) is 0 Å². The first-order valence-corrected chi connectivity index (χ1v) is 6.58. The summed E-state index contributed by atoms with van der Waals surface area (Å²) in [5.41, 5.74) is 6.47. The predicted octanol–water partition coefficient (Wildman–Crippen LogP) is 2.09. The summed E-state index contributed by atoms with van der Waals surface area (Å²) in [6, 6.07) is 7.45. The molecule has 0 saturated heterocycles. The van der Waals surface area contributed by atoms with Crippen LogP contribution >= 0.6 is 11.3 Å². The molecule has 0 spiro atoms. The number of rotatable bonds is 4. The Morgan fingerprint density at radius 3 is 2.94 bits per heavy atom. The van der Waals surface area contributed by atoms with Gasteiger partial charge in [0.2, 0.25) is 0 Å². The second kappa shape index (κ2) is 5.64. The molecule has 0 aliphatic carbocycles. The lowest BCUT2D eigenvalue weighted by atomic mass is 10.2. The third-order valence-electron chi connectivity index (χ3n) is 2.48. The van der Waals surface area contributed by atoms with Gasteiger partial charge in [0, 0.05) is 17.3 Å². The number of nitrogens with two attached hydrogens (primary N) is 1. The standard InChI is InChI=1S/C13H15N3OS/c1-9(7-11-3-2-6-18-11)16-13(17)12-5-4-10(14)8-15-12/h2-6,8-9H,7,14H2,1H3,(H,16,17). The van der Waals surface area contributed by atoms with Gasteiger partial charge in [-0.1, -0.05) is 6.07 Å². The first-order valence-electron chi connectivity index (χ1n) is 5.70. The lowest BCUT2D eigenvalue weighted by molar-refractivity contribution is 0.0935. The van der Waals surface area contributed by atoms with Gasteiger partial charge in [-0.05, 0) is 30.5 Å². The van der Waals surface area contributed by atoms with Crippen molar-refractivity contribution in [2.24, 2.45) is 0 Å². The van der Waals surface area contributed by atoms with Crippen LogP contribution < -0.4 is 11.1 Å². The number of pyridine rings is 1. The molecule has 0 aromatic carbocycles. The van der Waals surface area contributed by atoms with Crippen molar-refractivity contribution in [3.05, 3.63) is 46.4 Å². The maximum Gasteiger partial charge on any atom is 0.270 e. The smallest absolute Gasteiger partial charge is 0.270 e. The Bertz CT molecular complexity index is 508. The van der Waals surface area contributed by atoms with Gasteiger partial charge < -0.3 is 11.1 Å². The van der Waals surface area contributed by atoms with Crippen molar-refractivity contribution < 1.29 is 4.79 Å². The zero-order valence-electron chi connectivity index (χ0n) is 10.1. The molecule has 3 N–H and O–H groups in total. The van der Waals surface area contributed by atoms with Crippen LogP contribution in [0.5, 0.6) is 0 Å². The van der Waals surface area contributed by atoms with Gasteiger partial charge in [-0.15, -0.1) is 11.3 Å². The van der Waals surface area contributed by atoms with Gasteiger partial charge >= 0.3 is 0 Å². The SMILES string of the molecule is CC(Cc1cccs1)NC(=O)c1ccc(N)cn1. The fourth-order valence-corrected chi connectivity index (χ4v) is 2.45. The number of anilines is 1. The van der Waals surface area contributed by atoms with Crippen LogP contribution in [0.25, 0.3) is 0 Å². The van der Waals surface area contributed by atoms with E-state index < -0.39 is 0 Å². The Kier molecular flexibility index (Phi) is 3.94. The highest BCUT2D eigenvalue weighted by atomic mass is 32.1. The van der Waals surface area contributed by atoms with Crippen LogP contribution in [0.1, 0.15) is 22.3 Å². The summed E-state index contributed by atoms with van der Waals surface area (Å²) in [6.07, 6.45) is 2.32. The minimum absolute atomic E-state index is 0.0792. The number of nitrogen functional groups attached to an aromatic ring is 1. The van der Waals surface area contributed by atoms with Gasteiger partial charge in [-0.3, -0.25) is 4.79 Å². The average molecular weight is 261 g/mol. The molecule has 2 aromatic heterocycles. The molecular formula is C13H15N3OS. The van der Waals surface area contributed by atoms with E-state index in [0.717, 1.165) is 6.42 Å². The molecular weight excluding hydrogens is 246 g/mol. The summed E-state index contributed by atoms with van der Waals surface area (Å²) in [7, 11) is 0. The molecule has 0 aliphatic rings.